The van der Waals surface area contributed by atoms with Gasteiger partial charge in [-0.25, -0.2) is 9.18 Å². The Morgan fingerprint density at radius 2 is 2.04 bits per heavy atom. The summed E-state index contributed by atoms with van der Waals surface area (Å²) < 4.78 is 13.2. The molecule has 25 heavy (non-hydrogen) atoms. The van der Waals surface area contributed by atoms with Gasteiger partial charge in [0.25, 0.3) is 0 Å². The molecule has 1 N–H and O–H groups in total. The number of benzene rings is 2. The van der Waals surface area contributed by atoms with E-state index in [1.165, 1.54) is 17.0 Å². The molecule has 0 bridgehead atoms. The van der Waals surface area contributed by atoms with E-state index in [1.54, 1.807) is 24.3 Å². The van der Waals surface area contributed by atoms with Gasteiger partial charge in [-0.15, -0.1) is 0 Å². The molecule has 0 aliphatic carbocycles. The van der Waals surface area contributed by atoms with Crippen molar-refractivity contribution in [2.45, 2.75) is 6.42 Å². The van der Waals surface area contributed by atoms with Gasteiger partial charge in [0.15, 0.2) is 0 Å². The van der Waals surface area contributed by atoms with E-state index in [-0.39, 0.29) is 11.7 Å². The lowest BCUT2D eigenvalue weighted by atomic mass is 10.0. The van der Waals surface area contributed by atoms with Crippen LogP contribution in [-0.4, -0.2) is 42.8 Å². The summed E-state index contributed by atoms with van der Waals surface area (Å²) in [7, 11) is 2.03. The molecule has 1 saturated heterocycles. The summed E-state index contributed by atoms with van der Waals surface area (Å²) in [4.78, 5) is 15.5. The third kappa shape index (κ3) is 3.94. The van der Waals surface area contributed by atoms with Gasteiger partial charge in [-0.05, 0) is 49.7 Å². The molecule has 132 valence electrons. The van der Waals surface area contributed by atoms with E-state index in [0.717, 1.165) is 25.1 Å². The van der Waals surface area contributed by atoms with Crippen LogP contribution < -0.4 is 4.90 Å². The molecule has 3 rings (SSSR count). The van der Waals surface area contributed by atoms with E-state index in [1.807, 2.05) is 13.1 Å². The van der Waals surface area contributed by atoms with Gasteiger partial charge in [-0.2, -0.15) is 0 Å². The minimum atomic E-state index is -1.04. The predicted molar refractivity (Wildman–Crippen MR) is 97.8 cm³/mol. The molecule has 1 atom stereocenters. The Bertz CT molecular complexity index is 767. The van der Waals surface area contributed by atoms with Crippen LogP contribution in [0.15, 0.2) is 42.5 Å². The van der Waals surface area contributed by atoms with E-state index in [4.69, 9.17) is 11.6 Å². The summed E-state index contributed by atoms with van der Waals surface area (Å²) in [5, 5.41) is 10.2. The smallest absolute Gasteiger partial charge is 0.411 e. The van der Waals surface area contributed by atoms with Gasteiger partial charge in [-0.1, -0.05) is 35.9 Å². The normalized spacial score (nSPS) is 17.6. The fourth-order valence-corrected chi connectivity index (χ4v) is 3.63. The summed E-state index contributed by atoms with van der Waals surface area (Å²) in [6.07, 6.45) is -0.0811. The SMILES string of the molecule is CN1CC[C@@H](CN(C(=O)O)c2c(Cl)cccc2-c2ccc(F)cc2)C1. The van der Waals surface area contributed by atoms with Crippen molar-refractivity contribution in [3.63, 3.8) is 0 Å². The second-order valence-corrected chi connectivity index (χ2v) is 6.86. The second-order valence-electron chi connectivity index (χ2n) is 6.45. The standard InChI is InChI=1S/C19H20ClFN2O2/c1-22-10-9-13(11-22)12-23(19(24)25)18-16(3-2-4-17(18)20)14-5-7-15(21)8-6-14/h2-8,13H,9-12H2,1H3,(H,24,25)/t13-/m1/s1. The van der Waals surface area contributed by atoms with Crippen LogP contribution in [0.3, 0.4) is 0 Å². The zero-order valence-corrected chi connectivity index (χ0v) is 14.7. The molecule has 1 aliphatic rings. The fourth-order valence-electron chi connectivity index (χ4n) is 3.35. The maximum Gasteiger partial charge on any atom is 0.411 e. The van der Waals surface area contributed by atoms with E-state index >= 15 is 0 Å². The van der Waals surface area contributed by atoms with Gasteiger partial charge in [0.1, 0.15) is 5.82 Å². The van der Waals surface area contributed by atoms with Crippen molar-refractivity contribution in [1.29, 1.82) is 0 Å². The summed E-state index contributed by atoms with van der Waals surface area (Å²) in [5.41, 5.74) is 1.87. The molecule has 2 aromatic rings. The number of carbonyl (C=O) groups is 1. The van der Waals surface area contributed by atoms with Crippen LogP contribution in [0.2, 0.25) is 5.02 Å². The van der Waals surface area contributed by atoms with Crippen LogP contribution in [-0.2, 0) is 0 Å². The molecular formula is C19H20ClFN2O2. The minimum Gasteiger partial charge on any atom is -0.465 e. The van der Waals surface area contributed by atoms with Crippen LogP contribution in [0.4, 0.5) is 14.9 Å². The summed E-state index contributed by atoms with van der Waals surface area (Å²) in [5.74, 6) is -0.0742. The second kappa shape index (κ2) is 7.42. The van der Waals surface area contributed by atoms with Crippen molar-refractivity contribution in [3.8, 4) is 11.1 Å². The first kappa shape index (κ1) is 17.7. The van der Waals surface area contributed by atoms with Crippen LogP contribution >= 0.6 is 11.6 Å². The Balaban J connectivity index is 2.00. The summed E-state index contributed by atoms with van der Waals surface area (Å²) in [6, 6.07) is 11.2. The van der Waals surface area contributed by atoms with Crippen LogP contribution in [0, 0.1) is 11.7 Å². The lowest BCUT2D eigenvalue weighted by Crippen LogP contribution is -2.35. The molecule has 0 saturated carbocycles. The topological polar surface area (TPSA) is 43.8 Å². The predicted octanol–water partition coefficient (Wildman–Crippen LogP) is 4.58. The Hall–Kier alpha value is -2.11. The number of carboxylic acid groups (broad SMARTS) is 1. The highest BCUT2D eigenvalue weighted by molar-refractivity contribution is 6.34. The molecule has 1 aliphatic heterocycles. The Morgan fingerprint density at radius 1 is 1.32 bits per heavy atom. The zero-order valence-electron chi connectivity index (χ0n) is 14.0. The number of likely N-dealkylation sites (tertiary alicyclic amines) is 1. The van der Waals surface area contributed by atoms with E-state index in [9.17, 15) is 14.3 Å². The first-order valence-electron chi connectivity index (χ1n) is 8.19. The largest absolute Gasteiger partial charge is 0.465 e. The lowest BCUT2D eigenvalue weighted by Gasteiger charge is -2.26. The number of anilines is 1. The zero-order chi connectivity index (χ0) is 18.0. The maximum absolute atomic E-state index is 13.2. The molecule has 0 aromatic heterocycles. The first-order chi connectivity index (χ1) is 12.0. The van der Waals surface area contributed by atoms with Gasteiger partial charge >= 0.3 is 6.09 Å². The number of halogens is 2. The molecule has 0 radical (unpaired) electrons. The molecule has 0 spiro atoms. The average molecular weight is 363 g/mol. The van der Waals surface area contributed by atoms with Crippen molar-refractivity contribution in [2.24, 2.45) is 5.92 Å². The Morgan fingerprint density at radius 3 is 2.64 bits per heavy atom. The minimum absolute atomic E-state index is 0.262. The highest BCUT2D eigenvalue weighted by Crippen LogP contribution is 2.38. The lowest BCUT2D eigenvalue weighted by molar-refractivity contribution is 0.200. The molecule has 1 amide bonds. The third-order valence-corrected chi connectivity index (χ3v) is 4.88. The molecule has 1 fully saturated rings. The highest BCUT2D eigenvalue weighted by atomic mass is 35.5. The molecule has 1 heterocycles. The number of rotatable bonds is 4. The van der Waals surface area contributed by atoms with Gasteiger partial charge < -0.3 is 10.0 Å². The van der Waals surface area contributed by atoms with Crippen molar-refractivity contribution >= 4 is 23.4 Å². The number of hydrogen-bond acceptors (Lipinski definition) is 2. The van der Waals surface area contributed by atoms with Crippen molar-refractivity contribution in [3.05, 3.63) is 53.3 Å². The van der Waals surface area contributed by atoms with E-state index < -0.39 is 6.09 Å². The third-order valence-electron chi connectivity index (χ3n) is 4.57. The first-order valence-corrected chi connectivity index (χ1v) is 8.57. The van der Waals surface area contributed by atoms with Crippen molar-refractivity contribution < 1.29 is 14.3 Å². The molecule has 2 aromatic carbocycles. The Kier molecular flexibility index (Phi) is 5.25. The average Bonchev–Trinajstić information content (AvgIpc) is 2.98. The molecule has 4 nitrogen and oxygen atoms in total. The molecule has 6 heteroatoms. The monoisotopic (exact) mass is 362 g/mol. The van der Waals surface area contributed by atoms with Crippen LogP contribution in [0.25, 0.3) is 11.1 Å². The van der Waals surface area contributed by atoms with Crippen molar-refractivity contribution in [2.75, 3.05) is 31.6 Å². The van der Waals surface area contributed by atoms with Gasteiger partial charge in [0.05, 0.1) is 10.7 Å². The summed E-state index contributed by atoms with van der Waals surface area (Å²) >= 11 is 6.37. The number of nitrogens with zero attached hydrogens (tertiary/aromatic N) is 2. The fraction of sp³-hybridized carbons (Fsp3) is 0.316. The molecular weight excluding hydrogens is 343 g/mol. The molecule has 0 unspecified atom stereocenters. The van der Waals surface area contributed by atoms with E-state index in [2.05, 4.69) is 4.90 Å². The Labute approximate surface area is 151 Å². The number of amides is 1. The van der Waals surface area contributed by atoms with Gasteiger partial charge in [-0.3, -0.25) is 4.90 Å². The van der Waals surface area contributed by atoms with Gasteiger partial charge in [0.2, 0.25) is 0 Å². The summed E-state index contributed by atoms with van der Waals surface area (Å²) in [6.45, 7) is 2.21. The number of hydrogen-bond donors (Lipinski definition) is 1. The van der Waals surface area contributed by atoms with E-state index in [0.29, 0.717) is 22.8 Å². The van der Waals surface area contributed by atoms with Crippen LogP contribution in [0.5, 0.6) is 0 Å². The maximum atomic E-state index is 13.2. The van der Waals surface area contributed by atoms with Gasteiger partial charge in [0, 0.05) is 18.7 Å². The number of para-hydroxylation sites is 1. The highest BCUT2D eigenvalue weighted by Gasteiger charge is 2.28. The quantitative estimate of drug-likeness (QED) is 0.865. The van der Waals surface area contributed by atoms with Crippen molar-refractivity contribution in [1.82, 2.24) is 4.90 Å². The van der Waals surface area contributed by atoms with Crippen LogP contribution in [0.1, 0.15) is 6.42 Å².